The molecule has 0 atom stereocenters. The third-order valence-electron chi connectivity index (χ3n) is 3.41. The van der Waals surface area contributed by atoms with Gasteiger partial charge in [0.15, 0.2) is 5.71 Å². The first kappa shape index (κ1) is 15.9. The molecule has 0 unspecified atom stereocenters. The molecule has 0 amide bonds. The fourth-order valence-corrected chi connectivity index (χ4v) is 2.49. The predicted octanol–water partition coefficient (Wildman–Crippen LogP) is 3.04. The minimum Gasteiger partial charge on any atom is -0.375 e. The van der Waals surface area contributed by atoms with Crippen molar-refractivity contribution in [1.29, 1.82) is 10.7 Å². The second-order valence-corrected chi connectivity index (χ2v) is 7.03. The minimum absolute atomic E-state index is 0.0971. The molecule has 1 aromatic carbocycles. The topological polar surface area (TPSA) is 83.7 Å². The maximum Gasteiger partial charge on any atom is 0.159 e. The van der Waals surface area contributed by atoms with Crippen LogP contribution in [-0.4, -0.2) is 11.3 Å². The van der Waals surface area contributed by atoms with Crippen molar-refractivity contribution in [2.75, 3.05) is 5.32 Å². The van der Waals surface area contributed by atoms with Crippen LogP contribution in [0.4, 0.5) is 5.69 Å². The van der Waals surface area contributed by atoms with Crippen LogP contribution in [0, 0.1) is 16.7 Å². The summed E-state index contributed by atoms with van der Waals surface area (Å²) in [5.74, 6) is 0.658. The van der Waals surface area contributed by atoms with Crippen molar-refractivity contribution in [3.8, 4) is 6.07 Å². The average Bonchev–Trinajstić information content (AvgIpc) is 2.42. The molecule has 0 saturated heterocycles. The van der Waals surface area contributed by atoms with E-state index in [1.807, 2.05) is 45.0 Å². The number of nitriles is 1. The lowest BCUT2D eigenvalue weighted by molar-refractivity contribution is 0.427. The number of allylic oxidation sites excluding steroid dienone is 1. The van der Waals surface area contributed by atoms with E-state index in [0.29, 0.717) is 11.5 Å². The number of fused-ring (bicyclic) bond motifs is 1. The number of anilines is 1. The summed E-state index contributed by atoms with van der Waals surface area (Å²) in [6, 6.07) is 9.96. The normalized spacial score (nSPS) is 18.2. The summed E-state index contributed by atoms with van der Waals surface area (Å²) < 4.78 is 0. The maximum atomic E-state index is 9.15. The van der Waals surface area contributed by atoms with Gasteiger partial charge in [-0.05, 0) is 40.7 Å². The van der Waals surface area contributed by atoms with E-state index in [1.54, 1.807) is 0 Å². The van der Waals surface area contributed by atoms with Gasteiger partial charge >= 0.3 is 0 Å². The van der Waals surface area contributed by atoms with Crippen LogP contribution in [0.2, 0.25) is 0 Å². The van der Waals surface area contributed by atoms with Gasteiger partial charge in [-0.25, -0.2) is 0 Å². The standard InChI is InChI=1S/C17H23N5/c1-16(2,3)21-14(12(19)10-18)15-20-13-9-7-6-8-11(13)17(4,5)22-15/h6-9,19-22H,1-5H3/b15-14-,19-12?. The van der Waals surface area contributed by atoms with Gasteiger partial charge in [-0.3, -0.25) is 5.41 Å². The van der Waals surface area contributed by atoms with Gasteiger partial charge in [-0.15, -0.1) is 0 Å². The van der Waals surface area contributed by atoms with Crippen LogP contribution in [0.15, 0.2) is 35.8 Å². The third kappa shape index (κ3) is 3.22. The number of hydrogen-bond acceptors (Lipinski definition) is 5. The smallest absolute Gasteiger partial charge is 0.159 e. The molecule has 0 spiro atoms. The Bertz CT molecular complexity index is 671. The van der Waals surface area contributed by atoms with Gasteiger partial charge in [0.05, 0.1) is 5.54 Å². The van der Waals surface area contributed by atoms with Crippen LogP contribution in [0.5, 0.6) is 0 Å². The maximum absolute atomic E-state index is 9.15. The molecule has 0 saturated carbocycles. The van der Waals surface area contributed by atoms with Crippen LogP contribution in [-0.2, 0) is 5.54 Å². The molecule has 0 radical (unpaired) electrons. The van der Waals surface area contributed by atoms with E-state index >= 15 is 0 Å². The van der Waals surface area contributed by atoms with E-state index in [0.717, 1.165) is 11.3 Å². The Labute approximate surface area is 131 Å². The molecular weight excluding hydrogens is 274 g/mol. The highest BCUT2D eigenvalue weighted by atomic mass is 15.2. The molecule has 1 aliphatic heterocycles. The molecule has 1 heterocycles. The molecule has 4 N–H and O–H groups in total. The largest absolute Gasteiger partial charge is 0.375 e. The molecule has 2 rings (SSSR count). The van der Waals surface area contributed by atoms with Crippen molar-refractivity contribution in [2.24, 2.45) is 0 Å². The lowest BCUT2D eigenvalue weighted by Gasteiger charge is -2.38. The van der Waals surface area contributed by atoms with Gasteiger partial charge in [0.2, 0.25) is 0 Å². The van der Waals surface area contributed by atoms with Gasteiger partial charge in [-0.2, -0.15) is 5.26 Å². The highest BCUT2D eigenvalue weighted by Crippen LogP contribution is 2.33. The first-order valence-electron chi connectivity index (χ1n) is 7.30. The van der Waals surface area contributed by atoms with Gasteiger partial charge in [0.1, 0.15) is 17.6 Å². The van der Waals surface area contributed by atoms with Gasteiger partial charge in [-0.1, -0.05) is 18.2 Å². The van der Waals surface area contributed by atoms with Gasteiger partial charge < -0.3 is 16.0 Å². The predicted molar refractivity (Wildman–Crippen MR) is 89.5 cm³/mol. The van der Waals surface area contributed by atoms with E-state index in [1.165, 1.54) is 0 Å². The highest BCUT2D eigenvalue weighted by Gasteiger charge is 2.31. The zero-order valence-electron chi connectivity index (χ0n) is 13.8. The van der Waals surface area contributed by atoms with Crippen molar-refractivity contribution in [3.63, 3.8) is 0 Å². The van der Waals surface area contributed by atoms with E-state index in [-0.39, 0.29) is 16.8 Å². The summed E-state index contributed by atoms with van der Waals surface area (Å²) in [6.45, 7) is 10.2. The fraction of sp³-hybridized carbons (Fsp3) is 0.412. The minimum atomic E-state index is -0.294. The summed E-state index contributed by atoms with van der Waals surface area (Å²) in [4.78, 5) is 0. The Morgan fingerprint density at radius 1 is 1.27 bits per heavy atom. The lowest BCUT2D eigenvalue weighted by Crippen LogP contribution is -2.47. The fourth-order valence-electron chi connectivity index (χ4n) is 2.49. The van der Waals surface area contributed by atoms with E-state index in [9.17, 15) is 0 Å². The quantitative estimate of drug-likeness (QED) is 0.632. The molecule has 0 aromatic heterocycles. The first-order chi connectivity index (χ1) is 10.1. The van der Waals surface area contributed by atoms with Crippen LogP contribution >= 0.6 is 0 Å². The second kappa shape index (κ2) is 5.38. The number of para-hydroxylation sites is 1. The third-order valence-corrected chi connectivity index (χ3v) is 3.41. The summed E-state index contributed by atoms with van der Waals surface area (Å²) in [5, 5.41) is 27.1. The van der Waals surface area contributed by atoms with E-state index < -0.39 is 0 Å². The SMILES string of the molecule is CC(C)(C)N/C(C(=N)C#N)=C1/Nc2ccccc2C(C)(C)N1. The highest BCUT2D eigenvalue weighted by molar-refractivity contribution is 6.09. The molecule has 5 heteroatoms. The molecule has 22 heavy (non-hydrogen) atoms. The number of nitrogens with one attached hydrogen (secondary N) is 4. The molecule has 5 nitrogen and oxygen atoms in total. The summed E-state index contributed by atoms with van der Waals surface area (Å²) in [6.07, 6.45) is 0. The Hall–Kier alpha value is -2.48. The molecular formula is C17H23N5. The van der Waals surface area contributed by atoms with Gasteiger partial charge in [0.25, 0.3) is 0 Å². The Balaban J connectivity index is 2.54. The Kier molecular flexibility index (Phi) is 3.89. The number of nitrogens with zero attached hydrogens (tertiary/aromatic N) is 1. The van der Waals surface area contributed by atoms with Crippen molar-refractivity contribution in [3.05, 3.63) is 41.3 Å². The van der Waals surface area contributed by atoms with Crippen LogP contribution < -0.4 is 16.0 Å². The number of benzene rings is 1. The van der Waals surface area contributed by atoms with Crippen molar-refractivity contribution < 1.29 is 0 Å². The molecule has 1 aromatic rings. The summed E-state index contributed by atoms with van der Waals surface area (Å²) in [7, 11) is 0. The zero-order chi connectivity index (χ0) is 16.5. The zero-order valence-corrected chi connectivity index (χ0v) is 13.8. The average molecular weight is 297 g/mol. The van der Waals surface area contributed by atoms with E-state index in [4.69, 9.17) is 10.7 Å². The van der Waals surface area contributed by atoms with Crippen molar-refractivity contribution >= 4 is 11.4 Å². The van der Waals surface area contributed by atoms with Crippen molar-refractivity contribution in [1.82, 2.24) is 10.6 Å². The molecule has 0 bridgehead atoms. The molecule has 1 aliphatic rings. The molecule has 116 valence electrons. The van der Waals surface area contributed by atoms with Crippen LogP contribution in [0.1, 0.15) is 40.2 Å². The summed E-state index contributed by atoms with van der Waals surface area (Å²) >= 11 is 0. The lowest BCUT2D eigenvalue weighted by atomic mass is 9.90. The van der Waals surface area contributed by atoms with Crippen LogP contribution in [0.25, 0.3) is 0 Å². The van der Waals surface area contributed by atoms with Crippen molar-refractivity contribution in [2.45, 2.75) is 45.7 Å². The number of rotatable bonds is 2. The number of hydrogen-bond donors (Lipinski definition) is 4. The van der Waals surface area contributed by atoms with E-state index in [2.05, 4.69) is 35.9 Å². The van der Waals surface area contributed by atoms with Crippen LogP contribution in [0.3, 0.4) is 0 Å². The van der Waals surface area contributed by atoms with Gasteiger partial charge in [0, 0.05) is 16.8 Å². The summed E-state index contributed by atoms with van der Waals surface area (Å²) in [5.41, 5.74) is 1.98. The monoisotopic (exact) mass is 297 g/mol. The first-order valence-corrected chi connectivity index (χ1v) is 7.30. The second-order valence-electron chi connectivity index (χ2n) is 7.03. The molecule has 0 fully saturated rings. The Morgan fingerprint density at radius 2 is 1.91 bits per heavy atom. The Morgan fingerprint density at radius 3 is 2.50 bits per heavy atom. The molecule has 0 aliphatic carbocycles.